The van der Waals surface area contributed by atoms with Crippen LogP contribution in [0.25, 0.3) is 0 Å². The van der Waals surface area contributed by atoms with Crippen molar-refractivity contribution in [3.05, 3.63) is 0 Å². The summed E-state index contributed by atoms with van der Waals surface area (Å²) in [7, 11) is 9.95. The minimum atomic E-state index is -0.791. The fourth-order valence-electron chi connectivity index (χ4n) is 3.05. The zero-order chi connectivity index (χ0) is 18.2. The Balaban J connectivity index is 4.29. The average Bonchev–Trinajstić information content (AvgIpc) is 2.58. The molecule has 0 aliphatic rings. The van der Waals surface area contributed by atoms with Gasteiger partial charge in [-0.25, -0.2) is 0 Å². The minimum Gasteiger partial charge on any atom is -0.374 e. The maximum absolute atomic E-state index is 5.83. The van der Waals surface area contributed by atoms with Crippen LogP contribution in [0.5, 0.6) is 0 Å². The van der Waals surface area contributed by atoms with E-state index in [0.717, 1.165) is 0 Å². The second-order valence-corrected chi connectivity index (χ2v) is 19.7. The number of hydrogen-bond donors (Lipinski definition) is 0. The highest BCUT2D eigenvalue weighted by atomic mass is 33.7. The van der Waals surface area contributed by atoms with Crippen LogP contribution in [0.2, 0.25) is 24.2 Å². The van der Waals surface area contributed by atoms with Crippen molar-refractivity contribution < 1.29 is 9.47 Å². The van der Waals surface area contributed by atoms with E-state index >= 15 is 0 Å². The van der Waals surface area contributed by atoms with Gasteiger partial charge in [-0.2, -0.15) is 0 Å². The van der Waals surface area contributed by atoms with Crippen LogP contribution < -0.4 is 0 Å². The molecule has 0 fully saturated rings. The van der Waals surface area contributed by atoms with Gasteiger partial charge in [-0.1, -0.05) is 99.1 Å². The lowest BCUT2D eigenvalue weighted by Gasteiger charge is -2.24. The third-order valence-electron chi connectivity index (χ3n) is 4.17. The van der Waals surface area contributed by atoms with E-state index in [0.29, 0.717) is 10.1 Å². The average molecular weight is 447 g/mol. The van der Waals surface area contributed by atoms with Gasteiger partial charge in [0.25, 0.3) is 0 Å². The molecule has 0 aliphatic heterocycles. The second-order valence-electron chi connectivity index (χ2n) is 6.21. The molecule has 8 heteroatoms. The highest BCUT2D eigenvalue weighted by Crippen LogP contribution is 2.48. The van der Waals surface area contributed by atoms with Crippen molar-refractivity contribution in [3.63, 3.8) is 0 Å². The van der Waals surface area contributed by atoms with Crippen LogP contribution in [0, 0.1) is 0 Å². The Kier molecular flexibility index (Phi) is 19.5. The Bertz CT molecular complexity index is 240. The van der Waals surface area contributed by atoms with Crippen molar-refractivity contribution >= 4 is 58.8 Å². The maximum Gasteiger partial charge on any atom is 0.0984 e. The molecular weight excluding hydrogens is 409 g/mol. The SMILES string of the molecule is CCC[SiH](CCC)C(OC)SSSSC(OC)[SiH](CCC)CCC. The van der Waals surface area contributed by atoms with E-state index in [2.05, 4.69) is 27.7 Å². The van der Waals surface area contributed by atoms with Crippen LogP contribution in [0.3, 0.4) is 0 Å². The molecule has 0 spiro atoms. The van der Waals surface area contributed by atoms with Crippen LogP contribution in [0.1, 0.15) is 53.4 Å². The largest absolute Gasteiger partial charge is 0.374 e. The van der Waals surface area contributed by atoms with Gasteiger partial charge in [0.1, 0.15) is 0 Å². The van der Waals surface area contributed by atoms with Crippen molar-refractivity contribution in [2.24, 2.45) is 0 Å². The Morgan fingerprint density at radius 1 is 0.625 bits per heavy atom. The minimum absolute atomic E-state index is 0.448. The Hall–Kier alpha value is 1.75. The van der Waals surface area contributed by atoms with Gasteiger partial charge in [0.05, 0.1) is 27.7 Å². The highest BCUT2D eigenvalue weighted by Gasteiger charge is 2.25. The first kappa shape index (κ1) is 25.8. The van der Waals surface area contributed by atoms with E-state index in [9.17, 15) is 0 Å². The van der Waals surface area contributed by atoms with Crippen LogP contribution >= 0.6 is 41.2 Å². The molecule has 0 bridgehead atoms. The summed E-state index contributed by atoms with van der Waals surface area (Å²) in [4.78, 5) is 0. The van der Waals surface area contributed by atoms with Gasteiger partial charge in [0, 0.05) is 14.2 Å². The summed E-state index contributed by atoms with van der Waals surface area (Å²) in [6.45, 7) is 9.22. The van der Waals surface area contributed by atoms with Gasteiger partial charge in [-0.15, -0.1) is 0 Å². The van der Waals surface area contributed by atoms with E-state index in [1.165, 1.54) is 49.9 Å². The third-order valence-corrected chi connectivity index (χ3v) is 22.0. The molecule has 0 saturated carbocycles. The molecule has 0 N–H and O–H groups in total. The molecule has 2 unspecified atom stereocenters. The van der Waals surface area contributed by atoms with E-state index in [1.54, 1.807) is 0 Å². The number of ether oxygens (including phenoxy) is 2. The smallest absolute Gasteiger partial charge is 0.0984 e. The van der Waals surface area contributed by atoms with Crippen molar-refractivity contribution in [1.82, 2.24) is 0 Å². The Morgan fingerprint density at radius 3 is 1.12 bits per heavy atom. The summed E-state index contributed by atoms with van der Waals surface area (Å²) in [6, 6.07) is 5.61. The molecule has 0 aromatic carbocycles. The first-order valence-corrected chi connectivity index (χ1v) is 18.9. The van der Waals surface area contributed by atoms with Crippen LogP contribution in [0.15, 0.2) is 0 Å². The number of rotatable bonds is 17. The molecule has 0 rings (SSSR count). The Morgan fingerprint density at radius 2 is 0.917 bits per heavy atom. The lowest BCUT2D eigenvalue weighted by molar-refractivity contribution is 0.224. The first-order valence-electron chi connectivity index (χ1n) is 9.39. The molecule has 0 aromatic heterocycles. The predicted molar refractivity (Wildman–Crippen MR) is 127 cm³/mol. The molecule has 0 saturated heterocycles. The van der Waals surface area contributed by atoms with E-state index in [1.807, 2.05) is 55.5 Å². The second kappa shape index (κ2) is 18.1. The molecular formula is C16H38O2S4Si2. The highest BCUT2D eigenvalue weighted by molar-refractivity contribution is 9.26. The Labute approximate surface area is 169 Å². The van der Waals surface area contributed by atoms with Crippen LogP contribution in [0.4, 0.5) is 0 Å². The van der Waals surface area contributed by atoms with Gasteiger partial charge < -0.3 is 9.47 Å². The van der Waals surface area contributed by atoms with Crippen molar-refractivity contribution in [1.29, 1.82) is 0 Å². The number of hydrogen-bond acceptors (Lipinski definition) is 6. The topological polar surface area (TPSA) is 18.5 Å². The molecule has 0 aliphatic carbocycles. The molecule has 2 nitrogen and oxygen atoms in total. The van der Waals surface area contributed by atoms with Gasteiger partial charge in [0.2, 0.25) is 0 Å². The quantitative estimate of drug-likeness (QED) is 0.105. The van der Waals surface area contributed by atoms with Crippen molar-refractivity contribution in [2.75, 3.05) is 14.2 Å². The zero-order valence-corrected chi connectivity index (χ0v) is 22.0. The normalized spacial score (nSPS) is 14.5. The lowest BCUT2D eigenvalue weighted by Crippen LogP contribution is -2.29. The molecule has 24 heavy (non-hydrogen) atoms. The van der Waals surface area contributed by atoms with E-state index in [-0.39, 0.29) is 0 Å². The molecule has 0 amide bonds. The summed E-state index contributed by atoms with van der Waals surface area (Å²) in [5.74, 6) is 0. The first-order chi connectivity index (χ1) is 11.7. The summed E-state index contributed by atoms with van der Waals surface area (Å²) in [6.07, 6.45) is 5.21. The fourth-order valence-corrected chi connectivity index (χ4v) is 21.8. The molecule has 146 valence electrons. The lowest BCUT2D eigenvalue weighted by atomic mass is 10.6. The van der Waals surface area contributed by atoms with Gasteiger partial charge in [-0.3, -0.25) is 0 Å². The van der Waals surface area contributed by atoms with Gasteiger partial charge in [-0.05, 0) is 19.7 Å². The molecule has 2 atom stereocenters. The van der Waals surface area contributed by atoms with Gasteiger partial charge in [0.15, 0.2) is 0 Å². The summed E-state index contributed by atoms with van der Waals surface area (Å²) >= 11 is 0. The standard InChI is InChI=1S/C16H38O2S4Si2/c1-7-11-23(12-8-2)15(17-5)19-21-22-20-16(18-6)24(13-9-3)14-10-4/h15-16,23-24H,7-14H2,1-6H3. The summed E-state index contributed by atoms with van der Waals surface area (Å²) in [5, 5.41) is 0.895. The van der Waals surface area contributed by atoms with Crippen LogP contribution in [-0.2, 0) is 9.47 Å². The van der Waals surface area contributed by atoms with E-state index < -0.39 is 17.6 Å². The summed E-state index contributed by atoms with van der Waals surface area (Å²) < 4.78 is 11.7. The fraction of sp³-hybridized carbons (Fsp3) is 1.00. The van der Waals surface area contributed by atoms with Crippen molar-refractivity contribution in [3.8, 4) is 0 Å². The molecule has 0 heterocycles. The van der Waals surface area contributed by atoms with Crippen LogP contribution in [-0.4, -0.2) is 41.9 Å². The van der Waals surface area contributed by atoms with E-state index in [4.69, 9.17) is 9.47 Å². The van der Waals surface area contributed by atoms with Crippen molar-refractivity contribution in [2.45, 2.75) is 87.7 Å². The zero-order valence-electron chi connectivity index (χ0n) is 16.4. The number of methoxy groups -OCH3 is 2. The molecule has 0 radical (unpaired) electrons. The maximum atomic E-state index is 5.83. The monoisotopic (exact) mass is 446 g/mol. The van der Waals surface area contributed by atoms with Gasteiger partial charge >= 0.3 is 0 Å². The predicted octanol–water partition coefficient (Wildman–Crippen LogP) is 6.78. The third kappa shape index (κ3) is 11.5. The summed E-state index contributed by atoms with van der Waals surface area (Å²) in [5.41, 5.74) is 0. The molecule has 0 aromatic rings.